The first kappa shape index (κ1) is 14.0. The Morgan fingerprint density at radius 2 is 2.00 bits per heavy atom. The smallest absolute Gasteiger partial charge is 0.163 e. The molecule has 0 saturated carbocycles. The van der Waals surface area contributed by atoms with Crippen molar-refractivity contribution < 1.29 is 14.0 Å². The van der Waals surface area contributed by atoms with Crippen molar-refractivity contribution in [3.63, 3.8) is 0 Å². The maximum Gasteiger partial charge on any atom is 0.163 e. The van der Waals surface area contributed by atoms with Crippen LogP contribution in [0.5, 0.6) is 0 Å². The summed E-state index contributed by atoms with van der Waals surface area (Å²) in [6.45, 7) is 5.15. The van der Waals surface area contributed by atoms with Gasteiger partial charge in [0.15, 0.2) is 12.1 Å². The van der Waals surface area contributed by atoms with Gasteiger partial charge in [-0.3, -0.25) is 9.59 Å². The first-order chi connectivity index (χ1) is 7.99. The lowest BCUT2D eigenvalue weighted by Gasteiger charge is -2.15. The van der Waals surface area contributed by atoms with E-state index in [0.717, 1.165) is 0 Å². The van der Waals surface area contributed by atoms with Crippen molar-refractivity contribution in [1.29, 1.82) is 0 Å². The standard InChI is InChI=1S/C13H14BrFO2/c1-4-8-11(10(17)5-2)7(3)13(15)9(6-16)12(8)14/h6H,4-5H2,1-3H3. The molecular formula is C13H14BrFO2. The maximum absolute atomic E-state index is 13.9. The van der Waals surface area contributed by atoms with Gasteiger partial charge in [-0.25, -0.2) is 4.39 Å². The molecule has 0 N–H and O–H groups in total. The van der Waals surface area contributed by atoms with Crippen LogP contribution in [0.4, 0.5) is 4.39 Å². The zero-order valence-corrected chi connectivity index (χ0v) is 11.6. The van der Waals surface area contributed by atoms with Crippen LogP contribution in [0.25, 0.3) is 0 Å². The van der Waals surface area contributed by atoms with Crippen molar-refractivity contribution >= 4 is 28.0 Å². The highest BCUT2D eigenvalue weighted by Gasteiger charge is 2.22. The van der Waals surface area contributed by atoms with Gasteiger partial charge < -0.3 is 0 Å². The van der Waals surface area contributed by atoms with Gasteiger partial charge in [-0.2, -0.15) is 0 Å². The number of halogens is 2. The third-order valence-corrected chi connectivity index (χ3v) is 3.72. The van der Waals surface area contributed by atoms with E-state index in [0.29, 0.717) is 34.7 Å². The van der Waals surface area contributed by atoms with Gasteiger partial charge in [0, 0.05) is 16.5 Å². The second-order valence-electron chi connectivity index (χ2n) is 3.77. The van der Waals surface area contributed by atoms with E-state index >= 15 is 0 Å². The molecule has 4 heteroatoms. The van der Waals surface area contributed by atoms with Crippen LogP contribution in [0.3, 0.4) is 0 Å². The topological polar surface area (TPSA) is 34.1 Å². The van der Waals surface area contributed by atoms with E-state index < -0.39 is 5.82 Å². The third-order valence-electron chi connectivity index (χ3n) is 2.82. The van der Waals surface area contributed by atoms with Crippen LogP contribution in [0, 0.1) is 12.7 Å². The number of Topliss-reactive ketones (excluding diaryl/α,β-unsaturated/α-hetero) is 1. The van der Waals surface area contributed by atoms with Crippen LogP contribution in [-0.2, 0) is 6.42 Å². The molecule has 0 radical (unpaired) electrons. The molecule has 1 aromatic rings. The number of ketones is 1. The van der Waals surface area contributed by atoms with Gasteiger partial charge in [0.05, 0.1) is 5.56 Å². The molecule has 1 aromatic carbocycles. The lowest BCUT2D eigenvalue weighted by Crippen LogP contribution is -2.10. The molecule has 1 rings (SSSR count). The Morgan fingerprint density at radius 3 is 2.41 bits per heavy atom. The van der Waals surface area contributed by atoms with Crippen LogP contribution < -0.4 is 0 Å². The molecule has 0 fully saturated rings. The van der Waals surface area contributed by atoms with Crippen molar-refractivity contribution in [2.45, 2.75) is 33.6 Å². The summed E-state index contributed by atoms with van der Waals surface area (Å²) >= 11 is 3.21. The Bertz CT molecular complexity index is 481. The van der Waals surface area contributed by atoms with Gasteiger partial charge in [0.25, 0.3) is 0 Å². The molecule has 0 unspecified atom stereocenters. The van der Waals surface area contributed by atoms with E-state index in [9.17, 15) is 14.0 Å². The molecule has 0 aliphatic carbocycles. The number of rotatable bonds is 4. The molecule has 2 nitrogen and oxygen atoms in total. The van der Waals surface area contributed by atoms with Crippen molar-refractivity contribution in [2.24, 2.45) is 0 Å². The molecule has 92 valence electrons. The molecule has 0 saturated heterocycles. The minimum atomic E-state index is -0.610. The fourth-order valence-electron chi connectivity index (χ4n) is 1.90. The second kappa shape index (κ2) is 5.54. The normalized spacial score (nSPS) is 10.4. The summed E-state index contributed by atoms with van der Waals surface area (Å²) in [7, 11) is 0. The molecule has 0 atom stereocenters. The zero-order valence-electron chi connectivity index (χ0n) is 10.1. The number of aldehydes is 1. The van der Waals surface area contributed by atoms with Crippen LogP contribution in [0.2, 0.25) is 0 Å². The predicted molar refractivity (Wildman–Crippen MR) is 68.2 cm³/mol. The summed E-state index contributed by atoms with van der Waals surface area (Å²) < 4.78 is 14.3. The summed E-state index contributed by atoms with van der Waals surface area (Å²) in [4.78, 5) is 22.7. The average Bonchev–Trinajstić information content (AvgIpc) is 2.33. The van der Waals surface area contributed by atoms with Gasteiger partial charge in [0.2, 0.25) is 0 Å². The summed E-state index contributed by atoms with van der Waals surface area (Å²) in [5, 5.41) is 0. The first-order valence-electron chi connectivity index (χ1n) is 5.48. The highest BCUT2D eigenvalue weighted by atomic mass is 79.9. The summed E-state index contributed by atoms with van der Waals surface area (Å²) in [5.74, 6) is -0.711. The molecular weight excluding hydrogens is 287 g/mol. The Kier molecular flexibility index (Phi) is 4.57. The van der Waals surface area contributed by atoms with E-state index in [2.05, 4.69) is 15.9 Å². The second-order valence-corrected chi connectivity index (χ2v) is 4.56. The lowest BCUT2D eigenvalue weighted by molar-refractivity contribution is 0.0985. The van der Waals surface area contributed by atoms with E-state index in [1.165, 1.54) is 6.92 Å². The summed E-state index contributed by atoms with van der Waals surface area (Å²) in [5.41, 5.74) is 1.37. The quantitative estimate of drug-likeness (QED) is 0.625. The molecule has 0 spiro atoms. The molecule has 0 heterocycles. The number of hydrogen-bond acceptors (Lipinski definition) is 2. The Labute approximate surface area is 108 Å². The van der Waals surface area contributed by atoms with Crippen molar-refractivity contribution in [2.75, 3.05) is 0 Å². The highest BCUT2D eigenvalue weighted by molar-refractivity contribution is 9.10. The zero-order chi connectivity index (χ0) is 13.2. The third kappa shape index (κ3) is 2.32. The van der Waals surface area contributed by atoms with E-state index in [1.54, 1.807) is 6.92 Å². The van der Waals surface area contributed by atoms with E-state index in [4.69, 9.17) is 0 Å². The fourth-order valence-corrected chi connectivity index (χ4v) is 2.64. The van der Waals surface area contributed by atoms with Crippen LogP contribution in [0.1, 0.15) is 52.1 Å². The fraction of sp³-hybridized carbons (Fsp3) is 0.385. The molecule has 0 aromatic heterocycles. The number of benzene rings is 1. The van der Waals surface area contributed by atoms with Crippen molar-refractivity contribution in [3.05, 3.63) is 32.5 Å². The molecule has 0 bridgehead atoms. The van der Waals surface area contributed by atoms with Gasteiger partial charge in [0.1, 0.15) is 5.82 Å². The maximum atomic E-state index is 13.9. The molecule has 17 heavy (non-hydrogen) atoms. The molecule has 0 amide bonds. The first-order valence-corrected chi connectivity index (χ1v) is 6.27. The summed E-state index contributed by atoms with van der Waals surface area (Å²) in [6.07, 6.45) is 1.37. The van der Waals surface area contributed by atoms with Gasteiger partial charge in [-0.05, 0) is 40.4 Å². The Balaban J connectivity index is 3.71. The Hall–Kier alpha value is -1.03. The number of hydrogen-bond donors (Lipinski definition) is 0. The van der Waals surface area contributed by atoms with Gasteiger partial charge >= 0.3 is 0 Å². The SMILES string of the molecule is CCC(=O)c1c(C)c(F)c(C=O)c(Br)c1CC. The average molecular weight is 301 g/mol. The minimum absolute atomic E-state index is 0.00740. The monoisotopic (exact) mass is 300 g/mol. The van der Waals surface area contributed by atoms with E-state index in [1.807, 2.05) is 6.92 Å². The van der Waals surface area contributed by atoms with Gasteiger partial charge in [-0.1, -0.05) is 13.8 Å². The minimum Gasteiger partial charge on any atom is -0.298 e. The van der Waals surface area contributed by atoms with E-state index in [-0.39, 0.29) is 16.9 Å². The van der Waals surface area contributed by atoms with Crippen LogP contribution >= 0.6 is 15.9 Å². The van der Waals surface area contributed by atoms with Crippen molar-refractivity contribution in [1.82, 2.24) is 0 Å². The molecule has 0 aliphatic rings. The highest BCUT2D eigenvalue weighted by Crippen LogP contribution is 2.31. The predicted octanol–water partition coefficient (Wildman–Crippen LogP) is 3.86. The molecule has 0 aliphatic heterocycles. The van der Waals surface area contributed by atoms with Gasteiger partial charge in [-0.15, -0.1) is 0 Å². The van der Waals surface area contributed by atoms with Crippen LogP contribution in [-0.4, -0.2) is 12.1 Å². The lowest BCUT2D eigenvalue weighted by atomic mass is 9.92. The summed E-state index contributed by atoms with van der Waals surface area (Å²) in [6, 6.07) is 0. The number of carbonyl (C=O) groups excluding carboxylic acids is 2. The van der Waals surface area contributed by atoms with Crippen LogP contribution in [0.15, 0.2) is 4.47 Å². The largest absolute Gasteiger partial charge is 0.298 e. The Morgan fingerprint density at radius 1 is 1.41 bits per heavy atom. The number of carbonyl (C=O) groups is 2. The van der Waals surface area contributed by atoms with Crippen molar-refractivity contribution in [3.8, 4) is 0 Å².